The van der Waals surface area contributed by atoms with E-state index in [9.17, 15) is 4.79 Å². The molecule has 0 unspecified atom stereocenters. The van der Waals surface area contributed by atoms with Crippen LogP contribution in [-0.4, -0.2) is 58.4 Å². The number of carbonyl (C=O) groups is 1. The average molecular weight is 405 g/mol. The van der Waals surface area contributed by atoms with Gasteiger partial charge in [-0.05, 0) is 19.5 Å². The van der Waals surface area contributed by atoms with Gasteiger partial charge in [0.1, 0.15) is 23.9 Å². The Balaban J connectivity index is 1.53. The van der Waals surface area contributed by atoms with Crippen LogP contribution >= 0.6 is 0 Å². The molecule has 0 saturated carbocycles. The summed E-state index contributed by atoms with van der Waals surface area (Å²) in [5.74, 6) is 3.27. The van der Waals surface area contributed by atoms with Crippen molar-refractivity contribution in [2.24, 2.45) is 7.05 Å². The number of anilines is 2. The van der Waals surface area contributed by atoms with Crippen LogP contribution in [0.25, 0.3) is 10.9 Å². The van der Waals surface area contributed by atoms with Crippen LogP contribution in [0.4, 0.5) is 11.5 Å². The van der Waals surface area contributed by atoms with E-state index in [0.29, 0.717) is 17.5 Å². The lowest BCUT2D eigenvalue weighted by atomic mass is 10.2. The molecule has 154 valence electrons. The molecule has 2 aromatic heterocycles. The molecule has 0 aliphatic carbocycles. The van der Waals surface area contributed by atoms with Crippen LogP contribution in [0.5, 0.6) is 5.75 Å². The first-order valence-electron chi connectivity index (χ1n) is 9.66. The van der Waals surface area contributed by atoms with Crippen LogP contribution in [0.3, 0.4) is 0 Å². The highest BCUT2D eigenvalue weighted by molar-refractivity contribution is 6.04. The summed E-state index contributed by atoms with van der Waals surface area (Å²) in [6.07, 6.45) is 11.3. The van der Waals surface area contributed by atoms with E-state index in [1.807, 2.05) is 20.3 Å². The average Bonchev–Trinajstić information content (AvgIpc) is 3.37. The third-order valence-corrected chi connectivity index (χ3v) is 5.07. The number of benzene rings is 1. The fourth-order valence-electron chi connectivity index (χ4n) is 3.50. The maximum absolute atomic E-state index is 12.8. The van der Waals surface area contributed by atoms with Crippen LogP contribution in [0, 0.1) is 12.3 Å². The summed E-state index contributed by atoms with van der Waals surface area (Å²) in [6, 6.07) is 4.00. The van der Waals surface area contributed by atoms with Gasteiger partial charge in [-0.3, -0.25) is 9.48 Å². The first-order valence-corrected chi connectivity index (χ1v) is 9.66. The number of carbonyl (C=O) groups excluding carboxylic acids is 1. The molecule has 4 rings (SSSR count). The Bertz CT molecular complexity index is 1100. The molecule has 30 heavy (non-hydrogen) atoms. The molecule has 0 bridgehead atoms. The van der Waals surface area contributed by atoms with Crippen LogP contribution < -0.4 is 20.3 Å². The van der Waals surface area contributed by atoms with Crippen LogP contribution in [0.15, 0.2) is 30.7 Å². The quantitative estimate of drug-likeness (QED) is 0.599. The van der Waals surface area contributed by atoms with Crippen molar-refractivity contribution in [3.63, 3.8) is 0 Å². The number of hydrogen-bond acceptors (Lipinski definition) is 7. The lowest BCUT2D eigenvalue weighted by molar-refractivity contribution is 0.102. The molecule has 9 heteroatoms. The zero-order valence-corrected chi connectivity index (χ0v) is 16.9. The molecule has 0 spiro atoms. The van der Waals surface area contributed by atoms with Gasteiger partial charge in [-0.1, -0.05) is 5.92 Å². The molecule has 9 nitrogen and oxygen atoms in total. The molecule has 1 aromatic carbocycles. The van der Waals surface area contributed by atoms with Crippen LogP contribution in [0.1, 0.15) is 16.9 Å². The van der Waals surface area contributed by atoms with Crippen molar-refractivity contribution >= 4 is 28.3 Å². The molecule has 1 aliphatic rings. The normalized spacial score (nSPS) is 15.9. The van der Waals surface area contributed by atoms with E-state index in [4.69, 9.17) is 11.2 Å². The summed E-state index contributed by atoms with van der Waals surface area (Å²) >= 11 is 0. The lowest BCUT2D eigenvalue weighted by Gasteiger charge is -2.17. The Morgan fingerprint density at radius 3 is 2.93 bits per heavy atom. The molecule has 1 fully saturated rings. The van der Waals surface area contributed by atoms with E-state index in [-0.39, 0.29) is 18.2 Å². The number of hydrogen-bond donors (Lipinski definition) is 2. The molecule has 2 N–H and O–H groups in total. The maximum Gasteiger partial charge on any atom is 0.275 e. The molecule has 1 saturated heterocycles. The minimum absolute atomic E-state index is 0.0825. The van der Waals surface area contributed by atoms with Gasteiger partial charge >= 0.3 is 0 Å². The summed E-state index contributed by atoms with van der Waals surface area (Å²) < 4.78 is 7.30. The van der Waals surface area contributed by atoms with Crippen molar-refractivity contribution in [2.75, 3.05) is 37.0 Å². The highest BCUT2D eigenvalue weighted by Gasteiger charge is 2.22. The number of terminal acetylenes is 1. The van der Waals surface area contributed by atoms with Crippen molar-refractivity contribution < 1.29 is 9.53 Å². The van der Waals surface area contributed by atoms with E-state index in [0.717, 1.165) is 36.2 Å². The third kappa shape index (κ3) is 4.04. The number of fused-ring (bicyclic) bond motifs is 1. The summed E-state index contributed by atoms with van der Waals surface area (Å²) in [5, 5.41) is 11.3. The summed E-state index contributed by atoms with van der Waals surface area (Å²) in [7, 11) is 3.79. The largest absolute Gasteiger partial charge is 0.479 e. The zero-order valence-electron chi connectivity index (χ0n) is 16.9. The topological polar surface area (TPSA) is 97.2 Å². The maximum atomic E-state index is 12.8. The standard InChI is InChI=1S/C21H23N7O2/c1-4-7-30-19-9-16-14(12-27(3)26-16)8-17(19)25-21(29)18-10-24-20(11-23-18)28-6-5-15(13-28)22-2/h1,8-12,15,22H,5-7,13H2,2-3H3,(H,25,29)/t15-/m0/s1. The van der Waals surface area contributed by atoms with Gasteiger partial charge in [-0.15, -0.1) is 6.42 Å². The summed E-state index contributed by atoms with van der Waals surface area (Å²) in [4.78, 5) is 23.6. The van der Waals surface area contributed by atoms with Crippen molar-refractivity contribution in [1.82, 2.24) is 25.1 Å². The van der Waals surface area contributed by atoms with Gasteiger partial charge in [0, 0.05) is 43.8 Å². The van der Waals surface area contributed by atoms with Crippen molar-refractivity contribution in [3.05, 3.63) is 36.4 Å². The van der Waals surface area contributed by atoms with Gasteiger partial charge in [-0.25, -0.2) is 9.97 Å². The second-order valence-electron chi connectivity index (χ2n) is 7.14. The molecular weight excluding hydrogens is 382 g/mol. The number of nitrogens with one attached hydrogen (secondary N) is 2. The van der Waals surface area contributed by atoms with E-state index >= 15 is 0 Å². The molecule has 0 radical (unpaired) electrons. The summed E-state index contributed by atoms with van der Waals surface area (Å²) in [6.45, 7) is 1.86. The Labute approximate surface area is 174 Å². The number of likely N-dealkylation sites (N-methyl/N-ethyl adjacent to an activating group) is 1. The number of aromatic nitrogens is 4. The van der Waals surface area contributed by atoms with Gasteiger partial charge in [0.2, 0.25) is 0 Å². The Kier molecular flexibility index (Phi) is 5.50. The zero-order chi connectivity index (χ0) is 21.1. The first kappa shape index (κ1) is 19.7. The SMILES string of the molecule is C#CCOc1cc2nn(C)cc2cc1NC(=O)c1cnc(N2CC[C@H](NC)C2)cn1. The smallest absolute Gasteiger partial charge is 0.275 e. The molecule has 3 heterocycles. The Morgan fingerprint density at radius 1 is 1.37 bits per heavy atom. The third-order valence-electron chi connectivity index (χ3n) is 5.07. The lowest BCUT2D eigenvalue weighted by Crippen LogP contribution is -2.30. The van der Waals surface area contributed by atoms with Gasteiger partial charge < -0.3 is 20.3 Å². The fraction of sp³-hybridized carbons (Fsp3) is 0.333. The number of rotatable bonds is 6. The van der Waals surface area contributed by atoms with Crippen LogP contribution in [0.2, 0.25) is 0 Å². The number of amides is 1. The van der Waals surface area contributed by atoms with Crippen molar-refractivity contribution in [1.29, 1.82) is 0 Å². The van der Waals surface area contributed by atoms with Crippen LogP contribution in [-0.2, 0) is 7.05 Å². The number of nitrogens with zero attached hydrogens (tertiary/aromatic N) is 5. The van der Waals surface area contributed by atoms with Gasteiger partial charge in [0.25, 0.3) is 5.91 Å². The number of aryl methyl sites for hydroxylation is 1. The van der Waals surface area contributed by atoms with Gasteiger partial charge in [0.05, 0.1) is 23.6 Å². The predicted octanol–water partition coefficient (Wildman–Crippen LogP) is 1.43. The molecule has 3 aromatic rings. The van der Waals surface area contributed by atoms with E-state index in [1.54, 1.807) is 23.0 Å². The second-order valence-corrected chi connectivity index (χ2v) is 7.14. The van der Waals surface area contributed by atoms with Gasteiger partial charge in [0.15, 0.2) is 0 Å². The number of ether oxygens (including phenoxy) is 1. The van der Waals surface area contributed by atoms with E-state index < -0.39 is 0 Å². The molecule has 1 aliphatic heterocycles. The molecule has 1 atom stereocenters. The highest BCUT2D eigenvalue weighted by Crippen LogP contribution is 2.30. The fourth-order valence-corrected chi connectivity index (χ4v) is 3.50. The van der Waals surface area contributed by atoms with Crippen molar-refractivity contribution in [2.45, 2.75) is 12.5 Å². The Hall–Kier alpha value is -3.64. The van der Waals surface area contributed by atoms with Crippen molar-refractivity contribution in [3.8, 4) is 18.1 Å². The second kappa shape index (κ2) is 8.39. The van der Waals surface area contributed by atoms with Gasteiger partial charge in [-0.2, -0.15) is 5.10 Å². The monoisotopic (exact) mass is 405 g/mol. The highest BCUT2D eigenvalue weighted by atomic mass is 16.5. The predicted molar refractivity (Wildman–Crippen MR) is 115 cm³/mol. The Morgan fingerprint density at radius 2 is 2.23 bits per heavy atom. The first-order chi connectivity index (χ1) is 14.6. The minimum atomic E-state index is -0.377. The minimum Gasteiger partial charge on any atom is -0.479 e. The van der Waals surface area contributed by atoms with E-state index in [1.165, 1.54) is 6.20 Å². The molecular formula is C21H23N7O2. The van der Waals surface area contributed by atoms with E-state index in [2.05, 4.69) is 36.5 Å². The molecule has 1 amide bonds. The summed E-state index contributed by atoms with van der Waals surface area (Å²) in [5.41, 5.74) is 1.47.